The van der Waals surface area contributed by atoms with E-state index >= 15 is 0 Å². The number of benzene rings is 2. The molecule has 2 N–H and O–H groups in total. The Labute approximate surface area is 150 Å². The van der Waals surface area contributed by atoms with Crippen LogP contribution < -0.4 is 5.32 Å². The van der Waals surface area contributed by atoms with E-state index in [-0.39, 0.29) is 5.91 Å². The molecule has 4 rings (SSSR count). The van der Waals surface area contributed by atoms with Crippen LogP contribution >= 0.6 is 11.6 Å². The van der Waals surface area contributed by atoms with Crippen molar-refractivity contribution in [2.75, 3.05) is 6.54 Å². The van der Waals surface area contributed by atoms with Gasteiger partial charge in [0, 0.05) is 46.9 Å². The minimum atomic E-state index is 0.0271. The highest BCUT2D eigenvalue weighted by Crippen LogP contribution is 2.20. The first-order valence-corrected chi connectivity index (χ1v) is 8.64. The van der Waals surface area contributed by atoms with Crippen molar-refractivity contribution in [2.45, 2.75) is 13.0 Å². The summed E-state index contributed by atoms with van der Waals surface area (Å²) in [7, 11) is 0. The largest absolute Gasteiger partial charge is 0.361 e. The molecule has 1 amide bonds. The van der Waals surface area contributed by atoms with Gasteiger partial charge in [-0.3, -0.25) is 4.79 Å². The Morgan fingerprint density at radius 1 is 1.16 bits per heavy atom. The fraction of sp³-hybridized carbons (Fsp3) is 0.150. The van der Waals surface area contributed by atoms with Crippen molar-refractivity contribution in [2.24, 2.45) is 0 Å². The van der Waals surface area contributed by atoms with E-state index in [0.29, 0.717) is 19.5 Å². The number of hydrogen-bond donors (Lipinski definition) is 2. The number of hydrogen-bond acceptors (Lipinski definition) is 1. The van der Waals surface area contributed by atoms with Crippen molar-refractivity contribution in [1.29, 1.82) is 0 Å². The van der Waals surface area contributed by atoms with E-state index < -0.39 is 0 Å². The van der Waals surface area contributed by atoms with E-state index in [9.17, 15) is 4.79 Å². The number of rotatable bonds is 5. The van der Waals surface area contributed by atoms with Gasteiger partial charge in [-0.25, -0.2) is 0 Å². The quantitative estimate of drug-likeness (QED) is 0.558. The molecule has 25 heavy (non-hydrogen) atoms. The third kappa shape index (κ3) is 3.26. The Morgan fingerprint density at radius 3 is 2.96 bits per heavy atom. The first-order chi connectivity index (χ1) is 12.2. The summed E-state index contributed by atoms with van der Waals surface area (Å²) < 4.78 is 2.10. The van der Waals surface area contributed by atoms with Gasteiger partial charge in [-0.2, -0.15) is 0 Å². The molecule has 0 bridgehead atoms. The molecule has 0 saturated heterocycles. The lowest BCUT2D eigenvalue weighted by molar-refractivity contribution is -0.120. The monoisotopic (exact) mass is 351 g/mol. The first-order valence-electron chi connectivity index (χ1n) is 8.27. The van der Waals surface area contributed by atoms with Gasteiger partial charge in [0.25, 0.3) is 0 Å². The maximum absolute atomic E-state index is 12.2. The van der Waals surface area contributed by atoms with Gasteiger partial charge in [0.05, 0.1) is 6.42 Å². The van der Waals surface area contributed by atoms with E-state index in [1.165, 1.54) is 0 Å². The van der Waals surface area contributed by atoms with Crippen LogP contribution in [0.25, 0.3) is 21.8 Å². The molecule has 4 aromatic rings. The second-order valence-corrected chi connectivity index (χ2v) is 6.53. The third-order valence-corrected chi connectivity index (χ3v) is 4.67. The number of halogens is 1. The predicted octanol–water partition coefficient (Wildman–Crippen LogP) is 4.13. The van der Waals surface area contributed by atoms with E-state index in [4.69, 9.17) is 11.6 Å². The number of fused-ring (bicyclic) bond motifs is 2. The van der Waals surface area contributed by atoms with Crippen LogP contribution in [-0.4, -0.2) is 22.0 Å². The molecule has 0 atom stereocenters. The van der Waals surface area contributed by atoms with Crippen molar-refractivity contribution in [1.82, 2.24) is 14.9 Å². The Kier molecular flexibility index (Phi) is 4.20. The maximum atomic E-state index is 12.2. The zero-order valence-electron chi connectivity index (χ0n) is 13.6. The average Bonchev–Trinajstić information content (AvgIpc) is 3.20. The normalized spacial score (nSPS) is 11.2. The molecule has 0 aliphatic heterocycles. The highest BCUT2D eigenvalue weighted by atomic mass is 35.5. The number of aromatic nitrogens is 2. The van der Waals surface area contributed by atoms with Crippen molar-refractivity contribution < 1.29 is 4.79 Å². The minimum absolute atomic E-state index is 0.0271. The van der Waals surface area contributed by atoms with E-state index in [1.54, 1.807) is 0 Å². The van der Waals surface area contributed by atoms with Crippen LogP contribution in [0, 0.1) is 0 Å². The van der Waals surface area contributed by atoms with Gasteiger partial charge < -0.3 is 14.9 Å². The molecular formula is C20H18ClN3O. The molecule has 2 aromatic heterocycles. The van der Waals surface area contributed by atoms with Crippen LogP contribution in [0.4, 0.5) is 0 Å². The lowest BCUT2D eigenvalue weighted by atomic mass is 10.1. The molecule has 126 valence electrons. The number of aromatic amines is 1. The third-order valence-electron chi connectivity index (χ3n) is 4.44. The predicted molar refractivity (Wildman–Crippen MR) is 102 cm³/mol. The Bertz CT molecular complexity index is 1050. The van der Waals surface area contributed by atoms with Gasteiger partial charge in [-0.1, -0.05) is 35.9 Å². The summed E-state index contributed by atoms with van der Waals surface area (Å²) in [6, 6.07) is 15.9. The highest BCUT2D eigenvalue weighted by molar-refractivity contribution is 6.31. The van der Waals surface area contributed by atoms with E-state index in [2.05, 4.69) is 20.9 Å². The van der Waals surface area contributed by atoms with Crippen LogP contribution in [0.15, 0.2) is 60.9 Å². The summed E-state index contributed by atoms with van der Waals surface area (Å²) in [5.74, 6) is 0.0271. The summed E-state index contributed by atoms with van der Waals surface area (Å²) in [6.45, 7) is 1.29. The number of amides is 1. The molecule has 0 fully saturated rings. The molecule has 2 heterocycles. The second kappa shape index (κ2) is 6.65. The smallest absolute Gasteiger partial charge is 0.224 e. The van der Waals surface area contributed by atoms with Crippen molar-refractivity contribution in [3.63, 3.8) is 0 Å². The molecule has 4 nitrogen and oxygen atoms in total. The SMILES string of the molecule is O=C(Cc1c[nH]c2ccccc12)NCCn1ccc2ccc(Cl)cc21. The summed E-state index contributed by atoms with van der Waals surface area (Å²) in [5.41, 5.74) is 3.16. The molecule has 0 spiro atoms. The van der Waals surface area contributed by atoms with E-state index in [1.807, 2.05) is 54.9 Å². The molecule has 0 saturated carbocycles. The van der Waals surface area contributed by atoms with Crippen LogP contribution in [-0.2, 0) is 17.8 Å². The summed E-state index contributed by atoms with van der Waals surface area (Å²) >= 11 is 6.07. The van der Waals surface area contributed by atoms with Crippen LogP contribution in [0.5, 0.6) is 0 Å². The number of carbonyl (C=O) groups is 1. The fourth-order valence-electron chi connectivity index (χ4n) is 3.18. The van der Waals surface area contributed by atoms with Gasteiger partial charge in [-0.05, 0) is 35.2 Å². The zero-order valence-corrected chi connectivity index (χ0v) is 14.4. The molecule has 0 unspecified atom stereocenters. The average molecular weight is 352 g/mol. The van der Waals surface area contributed by atoms with Crippen molar-refractivity contribution in [3.8, 4) is 0 Å². The van der Waals surface area contributed by atoms with Crippen molar-refractivity contribution in [3.05, 3.63) is 71.5 Å². The highest BCUT2D eigenvalue weighted by Gasteiger charge is 2.08. The molecular weight excluding hydrogens is 334 g/mol. The molecule has 2 aromatic carbocycles. The number of carbonyl (C=O) groups excluding carboxylic acids is 1. The second-order valence-electron chi connectivity index (χ2n) is 6.10. The summed E-state index contributed by atoms with van der Waals surface area (Å²) in [5, 5.41) is 5.96. The molecule has 0 aliphatic rings. The minimum Gasteiger partial charge on any atom is -0.361 e. The zero-order chi connectivity index (χ0) is 17.2. The van der Waals surface area contributed by atoms with Gasteiger partial charge in [0.2, 0.25) is 5.91 Å². The number of nitrogens with one attached hydrogen (secondary N) is 2. The number of nitrogens with zero attached hydrogens (tertiary/aromatic N) is 1. The van der Waals surface area contributed by atoms with Gasteiger partial charge in [0.1, 0.15) is 0 Å². The lowest BCUT2D eigenvalue weighted by Gasteiger charge is -2.08. The Morgan fingerprint density at radius 2 is 2.04 bits per heavy atom. The Hall–Kier alpha value is -2.72. The molecule has 0 aliphatic carbocycles. The van der Waals surface area contributed by atoms with Crippen LogP contribution in [0.3, 0.4) is 0 Å². The molecule has 0 radical (unpaired) electrons. The number of H-pyrrole nitrogens is 1. The lowest BCUT2D eigenvalue weighted by Crippen LogP contribution is -2.28. The topological polar surface area (TPSA) is 49.8 Å². The van der Waals surface area contributed by atoms with Crippen molar-refractivity contribution >= 4 is 39.3 Å². The van der Waals surface area contributed by atoms with E-state index in [0.717, 1.165) is 32.4 Å². The standard InChI is InChI=1S/C20H18ClN3O/c21-16-6-5-14-7-9-24(19(14)12-16)10-8-22-20(25)11-15-13-23-18-4-2-1-3-17(15)18/h1-7,9,12-13,23H,8,10-11H2,(H,22,25). The fourth-order valence-corrected chi connectivity index (χ4v) is 3.35. The van der Waals surface area contributed by atoms with Gasteiger partial charge in [0.15, 0.2) is 0 Å². The van der Waals surface area contributed by atoms with Gasteiger partial charge >= 0.3 is 0 Å². The van der Waals surface area contributed by atoms with Gasteiger partial charge in [-0.15, -0.1) is 0 Å². The van der Waals surface area contributed by atoms with Crippen LogP contribution in [0.1, 0.15) is 5.56 Å². The number of para-hydroxylation sites is 1. The summed E-state index contributed by atoms with van der Waals surface area (Å²) in [4.78, 5) is 15.4. The molecule has 5 heteroatoms. The maximum Gasteiger partial charge on any atom is 0.224 e. The Balaban J connectivity index is 1.38. The first kappa shape index (κ1) is 15.8. The summed E-state index contributed by atoms with van der Waals surface area (Å²) in [6.07, 6.45) is 4.31. The van der Waals surface area contributed by atoms with Crippen LogP contribution in [0.2, 0.25) is 5.02 Å².